The molecule has 0 bridgehead atoms. The van der Waals surface area contributed by atoms with Crippen LogP contribution in [0.15, 0.2) is 30.3 Å². The number of nitrogens with zero attached hydrogens (tertiary/aromatic N) is 2. The summed E-state index contributed by atoms with van der Waals surface area (Å²) in [5.74, 6) is 0.543. The number of phenols is 1. The molecule has 1 amide bonds. The van der Waals surface area contributed by atoms with Crippen molar-refractivity contribution in [3.05, 3.63) is 52.7 Å². The minimum Gasteiger partial charge on any atom is -0.507 e. The molecule has 2 heterocycles. The van der Waals surface area contributed by atoms with Crippen molar-refractivity contribution in [2.45, 2.75) is 32.9 Å². The zero-order valence-corrected chi connectivity index (χ0v) is 16.7. The van der Waals surface area contributed by atoms with E-state index in [0.717, 1.165) is 46.3 Å². The Hall–Kier alpha value is -3.06. The smallest absolute Gasteiger partial charge is 0.258 e. The molecule has 0 atom stereocenters. The molecular formula is C22H25N3O4. The highest BCUT2D eigenvalue weighted by Gasteiger charge is 2.27. The molecule has 4 rings (SSSR count). The number of H-pyrrole nitrogens is 1. The average Bonchev–Trinajstić information content (AvgIpc) is 3.31. The third-order valence-corrected chi connectivity index (χ3v) is 5.22. The largest absolute Gasteiger partial charge is 0.507 e. The number of carbonyl (C=O) groups is 1. The zero-order chi connectivity index (χ0) is 20.4. The number of aromatic amines is 1. The number of fused-ring (bicyclic) bond motifs is 2. The maximum absolute atomic E-state index is 13.2. The summed E-state index contributed by atoms with van der Waals surface area (Å²) in [7, 11) is 1.64. The van der Waals surface area contributed by atoms with Crippen molar-refractivity contribution in [1.29, 1.82) is 0 Å². The van der Waals surface area contributed by atoms with Crippen molar-refractivity contribution in [2.24, 2.45) is 0 Å². The molecule has 7 heteroatoms. The SMILES string of the molecule is CCCc1n[nH]c2cc(O)c(C(=O)N3Cc4ccc(OCCOC)cc4C3)cc12. The number of benzene rings is 2. The van der Waals surface area contributed by atoms with Crippen molar-refractivity contribution in [2.75, 3.05) is 20.3 Å². The van der Waals surface area contributed by atoms with Gasteiger partial charge in [-0.2, -0.15) is 5.10 Å². The van der Waals surface area contributed by atoms with Crippen molar-refractivity contribution < 1.29 is 19.4 Å². The molecule has 152 valence electrons. The fraction of sp³-hybridized carbons (Fsp3) is 0.364. The minimum absolute atomic E-state index is 0.0336. The maximum atomic E-state index is 13.2. The first-order valence-corrected chi connectivity index (χ1v) is 9.83. The summed E-state index contributed by atoms with van der Waals surface area (Å²) in [4.78, 5) is 14.9. The predicted octanol–water partition coefficient (Wildman–Crippen LogP) is 3.40. The number of aromatic hydroxyl groups is 1. The number of amides is 1. The van der Waals surface area contributed by atoms with Gasteiger partial charge in [-0.05, 0) is 35.7 Å². The van der Waals surface area contributed by atoms with E-state index in [1.807, 2.05) is 18.2 Å². The lowest BCUT2D eigenvalue weighted by Crippen LogP contribution is -2.25. The first kappa shape index (κ1) is 19.3. The molecule has 2 N–H and O–H groups in total. The summed E-state index contributed by atoms with van der Waals surface area (Å²) >= 11 is 0. The highest BCUT2D eigenvalue weighted by atomic mass is 16.5. The quantitative estimate of drug-likeness (QED) is 0.599. The third-order valence-electron chi connectivity index (χ3n) is 5.22. The summed E-state index contributed by atoms with van der Waals surface area (Å²) in [6, 6.07) is 9.21. The fourth-order valence-corrected chi connectivity index (χ4v) is 3.72. The summed E-state index contributed by atoms with van der Waals surface area (Å²) in [5, 5.41) is 18.6. The summed E-state index contributed by atoms with van der Waals surface area (Å²) in [6.45, 7) is 4.09. The molecule has 0 radical (unpaired) electrons. The number of hydrogen-bond acceptors (Lipinski definition) is 5. The predicted molar refractivity (Wildman–Crippen MR) is 109 cm³/mol. The Morgan fingerprint density at radius 3 is 2.83 bits per heavy atom. The molecule has 0 fully saturated rings. The molecule has 3 aromatic rings. The standard InChI is InChI=1S/C22H25N3O4/c1-3-4-19-17-10-18(21(26)11-20(17)24-23-19)22(27)25-12-14-5-6-16(9-15(14)13-25)29-8-7-28-2/h5-6,9-11,26H,3-4,7-8,12-13H2,1-2H3,(H,23,24). The summed E-state index contributed by atoms with van der Waals surface area (Å²) in [6.07, 6.45) is 1.78. The first-order chi connectivity index (χ1) is 14.1. The second-order valence-electron chi connectivity index (χ2n) is 7.27. The lowest BCUT2D eigenvalue weighted by Gasteiger charge is -2.16. The number of carbonyl (C=O) groups excluding carboxylic acids is 1. The molecule has 0 saturated heterocycles. The van der Waals surface area contributed by atoms with Crippen LogP contribution in [0.4, 0.5) is 0 Å². The maximum Gasteiger partial charge on any atom is 0.258 e. The first-order valence-electron chi connectivity index (χ1n) is 9.83. The molecule has 29 heavy (non-hydrogen) atoms. The molecule has 0 spiro atoms. The van der Waals surface area contributed by atoms with E-state index in [-0.39, 0.29) is 11.7 Å². The van der Waals surface area contributed by atoms with Crippen LogP contribution in [0.2, 0.25) is 0 Å². The minimum atomic E-state index is -0.189. The van der Waals surface area contributed by atoms with Crippen LogP contribution in [0.3, 0.4) is 0 Å². The normalized spacial score (nSPS) is 13.1. The molecule has 2 aromatic carbocycles. The molecule has 1 aromatic heterocycles. The monoisotopic (exact) mass is 395 g/mol. The highest BCUT2D eigenvalue weighted by molar-refractivity contribution is 6.01. The molecule has 7 nitrogen and oxygen atoms in total. The number of hydrogen-bond donors (Lipinski definition) is 2. The Labute approximate surface area is 169 Å². The Morgan fingerprint density at radius 2 is 2.03 bits per heavy atom. The van der Waals surface area contributed by atoms with E-state index in [2.05, 4.69) is 17.1 Å². The summed E-state index contributed by atoms with van der Waals surface area (Å²) < 4.78 is 10.7. The number of aryl methyl sites for hydroxylation is 1. The van der Waals surface area contributed by atoms with Gasteiger partial charge in [-0.3, -0.25) is 9.89 Å². The zero-order valence-electron chi connectivity index (χ0n) is 16.7. The van der Waals surface area contributed by atoms with Crippen molar-refractivity contribution in [3.63, 3.8) is 0 Å². The Morgan fingerprint density at radius 1 is 1.21 bits per heavy atom. The van der Waals surface area contributed by atoms with Crippen molar-refractivity contribution in [1.82, 2.24) is 15.1 Å². The number of ether oxygens (including phenoxy) is 2. The van der Waals surface area contributed by atoms with Gasteiger partial charge in [0.1, 0.15) is 18.1 Å². The Kier molecular flexibility index (Phi) is 5.40. The van der Waals surface area contributed by atoms with Crippen molar-refractivity contribution >= 4 is 16.8 Å². The molecule has 1 aliphatic rings. The van der Waals surface area contributed by atoms with Gasteiger partial charge in [0.2, 0.25) is 0 Å². The Balaban J connectivity index is 1.55. The highest BCUT2D eigenvalue weighted by Crippen LogP contribution is 2.32. The van der Waals surface area contributed by atoms with Crippen LogP contribution >= 0.6 is 0 Å². The number of aromatic nitrogens is 2. The lowest BCUT2D eigenvalue weighted by molar-refractivity contribution is 0.0748. The van der Waals surface area contributed by atoms with Crippen LogP contribution in [-0.4, -0.2) is 46.4 Å². The number of rotatable bonds is 7. The average molecular weight is 395 g/mol. The van der Waals surface area contributed by atoms with E-state index in [0.29, 0.717) is 31.9 Å². The second-order valence-corrected chi connectivity index (χ2v) is 7.27. The van der Waals surface area contributed by atoms with Gasteiger partial charge in [0, 0.05) is 31.7 Å². The van der Waals surface area contributed by atoms with Gasteiger partial charge in [-0.25, -0.2) is 0 Å². The topological polar surface area (TPSA) is 87.7 Å². The van der Waals surface area contributed by atoms with Crippen molar-refractivity contribution in [3.8, 4) is 11.5 Å². The molecule has 0 saturated carbocycles. The van der Waals surface area contributed by atoms with Gasteiger partial charge in [0.15, 0.2) is 0 Å². The number of methoxy groups -OCH3 is 1. The van der Waals surface area contributed by atoms with Gasteiger partial charge >= 0.3 is 0 Å². The van der Waals surface area contributed by atoms with E-state index >= 15 is 0 Å². The summed E-state index contributed by atoms with van der Waals surface area (Å²) in [5.41, 5.74) is 4.11. The van der Waals surface area contributed by atoms with Crippen LogP contribution in [0.5, 0.6) is 11.5 Å². The van der Waals surface area contributed by atoms with Gasteiger partial charge in [0.25, 0.3) is 5.91 Å². The number of phenolic OH excluding ortho intramolecular Hbond substituents is 1. The third kappa shape index (κ3) is 3.78. The van der Waals surface area contributed by atoms with Crippen LogP contribution in [0, 0.1) is 0 Å². The van der Waals surface area contributed by atoms with Gasteiger partial charge in [0.05, 0.1) is 23.4 Å². The van der Waals surface area contributed by atoms with E-state index in [4.69, 9.17) is 9.47 Å². The van der Waals surface area contributed by atoms with Crippen LogP contribution in [0.1, 0.15) is 40.5 Å². The van der Waals surface area contributed by atoms with E-state index < -0.39 is 0 Å². The molecule has 0 unspecified atom stereocenters. The lowest BCUT2D eigenvalue weighted by atomic mass is 10.1. The number of nitrogens with one attached hydrogen (secondary N) is 1. The molecule has 0 aliphatic carbocycles. The van der Waals surface area contributed by atoms with E-state index in [1.54, 1.807) is 24.1 Å². The van der Waals surface area contributed by atoms with E-state index in [9.17, 15) is 9.90 Å². The molecular weight excluding hydrogens is 370 g/mol. The van der Waals surface area contributed by atoms with Gasteiger partial charge in [-0.15, -0.1) is 0 Å². The van der Waals surface area contributed by atoms with Gasteiger partial charge in [-0.1, -0.05) is 19.4 Å². The Bertz CT molecular complexity index is 1040. The van der Waals surface area contributed by atoms with Crippen LogP contribution in [0.25, 0.3) is 10.9 Å². The molecule has 1 aliphatic heterocycles. The second kappa shape index (κ2) is 8.13. The van der Waals surface area contributed by atoms with Crippen LogP contribution in [-0.2, 0) is 24.2 Å². The van der Waals surface area contributed by atoms with E-state index in [1.165, 1.54) is 0 Å². The fourth-order valence-electron chi connectivity index (χ4n) is 3.72. The van der Waals surface area contributed by atoms with Gasteiger partial charge < -0.3 is 19.5 Å². The van der Waals surface area contributed by atoms with Crippen LogP contribution < -0.4 is 4.74 Å².